The van der Waals surface area contributed by atoms with Crippen LogP contribution in [0.4, 0.5) is 0 Å². The topological polar surface area (TPSA) is 44.8 Å². The van der Waals surface area contributed by atoms with E-state index < -0.39 is 5.79 Å². The van der Waals surface area contributed by atoms with E-state index in [4.69, 9.17) is 14.2 Å². The highest BCUT2D eigenvalue weighted by Crippen LogP contribution is 2.14. The van der Waals surface area contributed by atoms with E-state index in [2.05, 4.69) is 0 Å². The Kier molecular flexibility index (Phi) is 4.95. The van der Waals surface area contributed by atoms with E-state index in [1.807, 2.05) is 6.92 Å². The first kappa shape index (κ1) is 12.4. The third-order valence-electron chi connectivity index (χ3n) is 1.28. The maximum absolute atomic E-state index is 10.7. The van der Waals surface area contributed by atoms with Gasteiger partial charge in [0.1, 0.15) is 0 Å². The zero-order valence-corrected chi connectivity index (χ0v) is 8.92. The van der Waals surface area contributed by atoms with Crippen LogP contribution >= 0.6 is 0 Å². The van der Waals surface area contributed by atoms with Gasteiger partial charge in [0.25, 0.3) is 0 Å². The number of esters is 1. The molecule has 0 aliphatic heterocycles. The molecule has 4 heteroatoms. The quantitative estimate of drug-likeness (QED) is 0.484. The second kappa shape index (κ2) is 5.19. The molecule has 0 radical (unpaired) electrons. The average molecular weight is 190 g/mol. The van der Waals surface area contributed by atoms with Crippen LogP contribution < -0.4 is 0 Å². The van der Waals surface area contributed by atoms with Gasteiger partial charge in [-0.25, -0.2) is 0 Å². The fourth-order valence-electron chi connectivity index (χ4n) is 1.12. The Bertz CT molecular complexity index is 165. The molecule has 78 valence electrons. The molecule has 0 N–H and O–H groups in total. The van der Waals surface area contributed by atoms with Gasteiger partial charge >= 0.3 is 5.97 Å². The van der Waals surface area contributed by atoms with E-state index >= 15 is 0 Å². The SMILES string of the molecule is COCC(C)OC(C)(C)OC(C)=O. The summed E-state index contributed by atoms with van der Waals surface area (Å²) in [6.07, 6.45) is -0.0978. The molecule has 1 unspecified atom stereocenters. The van der Waals surface area contributed by atoms with Crippen molar-refractivity contribution in [3.05, 3.63) is 0 Å². The highest BCUT2D eigenvalue weighted by atomic mass is 16.7. The van der Waals surface area contributed by atoms with Crippen molar-refractivity contribution in [2.75, 3.05) is 13.7 Å². The third kappa shape index (κ3) is 6.54. The molecule has 0 heterocycles. The fourth-order valence-corrected chi connectivity index (χ4v) is 1.12. The van der Waals surface area contributed by atoms with Crippen molar-refractivity contribution in [3.8, 4) is 0 Å². The van der Waals surface area contributed by atoms with Gasteiger partial charge < -0.3 is 14.2 Å². The Morgan fingerprint density at radius 2 is 2.00 bits per heavy atom. The van der Waals surface area contributed by atoms with Crippen molar-refractivity contribution >= 4 is 5.97 Å². The number of hydrogen-bond acceptors (Lipinski definition) is 4. The second-order valence-corrected chi connectivity index (χ2v) is 3.38. The van der Waals surface area contributed by atoms with Gasteiger partial charge in [0.2, 0.25) is 5.79 Å². The Labute approximate surface area is 79.2 Å². The summed E-state index contributed by atoms with van der Waals surface area (Å²) < 4.78 is 15.2. The highest BCUT2D eigenvalue weighted by Gasteiger charge is 2.24. The summed E-state index contributed by atoms with van der Waals surface area (Å²) in [7, 11) is 1.60. The van der Waals surface area contributed by atoms with Crippen molar-refractivity contribution in [3.63, 3.8) is 0 Å². The van der Waals surface area contributed by atoms with Crippen LogP contribution in [0.3, 0.4) is 0 Å². The molecular formula is C9H18O4. The molecular weight excluding hydrogens is 172 g/mol. The molecule has 1 atom stereocenters. The minimum atomic E-state index is -0.885. The fraction of sp³-hybridized carbons (Fsp3) is 0.889. The minimum absolute atomic E-state index is 0.0978. The van der Waals surface area contributed by atoms with E-state index in [1.165, 1.54) is 6.92 Å². The summed E-state index contributed by atoms with van der Waals surface area (Å²) in [6.45, 7) is 7.08. The number of carbonyl (C=O) groups excluding carboxylic acids is 1. The summed E-state index contributed by atoms with van der Waals surface area (Å²) in [5.41, 5.74) is 0. The van der Waals surface area contributed by atoms with Crippen LogP contribution in [0.2, 0.25) is 0 Å². The van der Waals surface area contributed by atoms with Gasteiger partial charge in [-0.05, 0) is 6.92 Å². The van der Waals surface area contributed by atoms with Crippen LogP contribution in [0, 0.1) is 0 Å². The Balaban J connectivity index is 3.92. The minimum Gasteiger partial charge on any atom is -0.434 e. The lowest BCUT2D eigenvalue weighted by Gasteiger charge is -2.28. The van der Waals surface area contributed by atoms with Gasteiger partial charge in [0, 0.05) is 27.9 Å². The van der Waals surface area contributed by atoms with E-state index in [9.17, 15) is 4.79 Å². The van der Waals surface area contributed by atoms with Gasteiger partial charge in [0.05, 0.1) is 12.7 Å². The molecule has 0 bridgehead atoms. The Morgan fingerprint density at radius 1 is 1.46 bits per heavy atom. The standard InChI is InChI=1S/C9H18O4/c1-7(6-11-5)12-9(3,4)13-8(2)10/h7H,6H2,1-5H3. The van der Waals surface area contributed by atoms with Gasteiger partial charge in [-0.1, -0.05) is 0 Å². The Morgan fingerprint density at radius 3 is 2.38 bits per heavy atom. The van der Waals surface area contributed by atoms with Crippen LogP contribution in [-0.2, 0) is 19.0 Å². The molecule has 0 fully saturated rings. The normalized spacial score (nSPS) is 13.9. The lowest BCUT2D eigenvalue weighted by atomic mass is 10.3. The lowest BCUT2D eigenvalue weighted by Crippen LogP contribution is -2.35. The van der Waals surface area contributed by atoms with Gasteiger partial charge in [-0.15, -0.1) is 0 Å². The van der Waals surface area contributed by atoms with Gasteiger partial charge in [0.15, 0.2) is 0 Å². The second-order valence-electron chi connectivity index (χ2n) is 3.38. The summed E-state index contributed by atoms with van der Waals surface area (Å²) in [6, 6.07) is 0. The average Bonchev–Trinajstić information content (AvgIpc) is 1.81. The first-order valence-corrected chi connectivity index (χ1v) is 4.23. The third-order valence-corrected chi connectivity index (χ3v) is 1.28. The maximum Gasteiger partial charge on any atom is 0.305 e. The van der Waals surface area contributed by atoms with Crippen molar-refractivity contribution in [2.24, 2.45) is 0 Å². The van der Waals surface area contributed by atoms with E-state index in [0.29, 0.717) is 6.61 Å². The molecule has 0 saturated carbocycles. The molecule has 0 amide bonds. The summed E-state index contributed by atoms with van der Waals surface area (Å²) in [5.74, 6) is -1.24. The van der Waals surface area contributed by atoms with E-state index in [0.717, 1.165) is 0 Å². The molecule has 4 nitrogen and oxygen atoms in total. The molecule has 13 heavy (non-hydrogen) atoms. The summed E-state index contributed by atoms with van der Waals surface area (Å²) in [4.78, 5) is 10.7. The molecule has 0 aliphatic rings. The highest BCUT2D eigenvalue weighted by molar-refractivity contribution is 5.66. The monoisotopic (exact) mass is 190 g/mol. The zero-order chi connectivity index (χ0) is 10.5. The lowest BCUT2D eigenvalue weighted by molar-refractivity contribution is -0.233. The molecule has 0 aromatic rings. The van der Waals surface area contributed by atoms with Gasteiger partial charge in [-0.2, -0.15) is 0 Å². The van der Waals surface area contributed by atoms with Crippen molar-refractivity contribution in [1.82, 2.24) is 0 Å². The molecule has 0 aromatic heterocycles. The number of hydrogen-bond donors (Lipinski definition) is 0. The largest absolute Gasteiger partial charge is 0.434 e. The van der Waals surface area contributed by atoms with Crippen molar-refractivity contribution in [2.45, 2.75) is 39.6 Å². The molecule has 0 rings (SSSR count). The molecule has 0 aliphatic carbocycles. The van der Waals surface area contributed by atoms with E-state index in [-0.39, 0.29) is 12.1 Å². The molecule has 0 aromatic carbocycles. The van der Waals surface area contributed by atoms with Crippen molar-refractivity contribution in [1.29, 1.82) is 0 Å². The van der Waals surface area contributed by atoms with Crippen LogP contribution in [0.25, 0.3) is 0 Å². The molecule has 0 spiro atoms. The molecule has 0 saturated heterocycles. The van der Waals surface area contributed by atoms with Crippen LogP contribution in [0.1, 0.15) is 27.7 Å². The van der Waals surface area contributed by atoms with Crippen LogP contribution in [-0.4, -0.2) is 31.6 Å². The first-order valence-electron chi connectivity index (χ1n) is 4.23. The number of carbonyl (C=O) groups is 1. The summed E-state index contributed by atoms with van der Waals surface area (Å²) >= 11 is 0. The maximum atomic E-state index is 10.7. The first-order chi connectivity index (χ1) is 5.87. The number of ether oxygens (including phenoxy) is 3. The van der Waals surface area contributed by atoms with Crippen molar-refractivity contribution < 1.29 is 19.0 Å². The Hall–Kier alpha value is -0.610. The smallest absolute Gasteiger partial charge is 0.305 e. The predicted octanol–water partition coefficient (Wildman–Crippen LogP) is 1.34. The van der Waals surface area contributed by atoms with Gasteiger partial charge in [-0.3, -0.25) is 4.79 Å². The van der Waals surface area contributed by atoms with E-state index in [1.54, 1.807) is 21.0 Å². The van der Waals surface area contributed by atoms with Crippen LogP contribution in [0.5, 0.6) is 0 Å². The van der Waals surface area contributed by atoms with Crippen LogP contribution in [0.15, 0.2) is 0 Å². The predicted molar refractivity (Wildman–Crippen MR) is 48.3 cm³/mol. The summed E-state index contributed by atoms with van der Waals surface area (Å²) in [5, 5.41) is 0. The zero-order valence-electron chi connectivity index (χ0n) is 8.92. The number of rotatable bonds is 5. The number of methoxy groups -OCH3 is 1.